The number of carbonyl (C=O) groups is 2. The van der Waals surface area contributed by atoms with Crippen molar-refractivity contribution in [2.75, 3.05) is 0 Å². The summed E-state index contributed by atoms with van der Waals surface area (Å²) in [4.78, 5) is 25.1. The second-order valence-corrected chi connectivity index (χ2v) is 7.86. The fourth-order valence-electron chi connectivity index (χ4n) is 5.88. The monoisotopic (exact) mass is 320 g/mol. The van der Waals surface area contributed by atoms with Gasteiger partial charge >= 0.3 is 11.9 Å². The lowest BCUT2D eigenvalue weighted by atomic mass is 9.49. The van der Waals surface area contributed by atoms with Gasteiger partial charge in [-0.05, 0) is 18.9 Å². The minimum atomic E-state index is -1.03. The molecule has 6 heteroatoms. The quantitative estimate of drug-likeness (QED) is 0.566. The molecule has 3 aliphatic heterocycles. The Morgan fingerprint density at radius 2 is 1.96 bits per heavy atom. The number of hydrogen-bond acceptors (Lipinski definition) is 6. The first kappa shape index (κ1) is 14.0. The number of hydrogen-bond donors (Lipinski definition) is 1. The molecule has 0 unspecified atom stereocenters. The Labute approximate surface area is 133 Å². The number of fused-ring (bicyclic) bond motifs is 3. The zero-order valence-corrected chi connectivity index (χ0v) is 13.4. The summed E-state index contributed by atoms with van der Waals surface area (Å²) in [6.07, 6.45) is -0.866. The van der Waals surface area contributed by atoms with Crippen LogP contribution < -0.4 is 0 Å². The van der Waals surface area contributed by atoms with E-state index < -0.39 is 23.0 Å². The SMILES string of the molecule is CC[C@@H]1OC(=O)C2=C1C[C@H]1OC(=O)[C@]3(C)[C@H]1[C@]2(C)[C@@H]1O[C@@H]1[C@@H]3O. The van der Waals surface area contributed by atoms with Crippen LogP contribution >= 0.6 is 0 Å². The predicted molar refractivity (Wildman–Crippen MR) is 76.1 cm³/mol. The molecule has 0 aromatic rings. The Morgan fingerprint density at radius 3 is 2.65 bits per heavy atom. The van der Waals surface area contributed by atoms with Crippen LogP contribution in [0.4, 0.5) is 0 Å². The van der Waals surface area contributed by atoms with Crippen LogP contribution in [0.3, 0.4) is 0 Å². The number of ether oxygens (including phenoxy) is 3. The summed E-state index contributed by atoms with van der Waals surface area (Å²) in [6.45, 7) is 5.72. The lowest BCUT2D eigenvalue weighted by molar-refractivity contribution is -0.155. The first-order chi connectivity index (χ1) is 10.8. The van der Waals surface area contributed by atoms with Gasteiger partial charge in [0.05, 0.1) is 12.2 Å². The molecule has 8 atom stereocenters. The van der Waals surface area contributed by atoms with Crippen LogP contribution in [0.15, 0.2) is 11.1 Å². The third-order valence-corrected chi connectivity index (χ3v) is 6.90. The van der Waals surface area contributed by atoms with Gasteiger partial charge in [-0.3, -0.25) is 4.79 Å². The summed E-state index contributed by atoms with van der Waals surface area (Å²) in [7, 11) is 0. The van der Waals surface area contributed by atoms with Gasteiger partial charge in [-0.15, -0.1) is 0 Å². The summed E-state index contributed by atoms with van der Waals surface area (Å²) in [5.41, 5.74) is -0.0250. The molecule has 5 aliphatic rings. The first-order valence-electron chi connectivity index (χ1n) is 8.34. The third-order valence-electron chi connectivity index (χ3n) is 6.90. The number of esters is 2. The van der Waals surface area contributed by atoms with E-state index in [2.05, 4.69) is 0 Å². The molecule has 2 aliphatic carbocycles. The minimum absolute atomic E-state index is 0.232. The maximum Gasteiger partial charge on any atom is 0.335 e. The maximum absolute atomic E-state index is 12.6. The number of aliphatic hydroxyl groups excluding tert-OH is 1. The number of aliphatic hydroxyl groups is 1. The van der Waals surface area contributed by atoms with Crippen molar-refractivity contribution >= 4 is 11.9 Å². The molecule has 0 aromatic carbocycles. The van der Waals surface area contributed by atoms with Gasteiger partial charge in [-0.1, -0.05) is 13.8 Å². The molecular formula is C17H20O6. The van der Waals surface area contributed by atoms with E-state index in [0.717, 1.165) is 5.57 Å². The van der Waals surface area contributed by atoms with Gasteiger partial charge < -0.3 is 19.3 Å². The van der Waals surface area contributed by atoms with Crippen LogP contribution in [-0.4, -0.2) is 47.6 Å². The summed E-state index contributed by atoms with van der Waals surface area (Å²) in [5.74, 6) is -0.925. The molecule has 0 radical (unpaired) electrons. The van der Waals surface area contributed by atoms with E-state index >= 15 is 0 Å². The third kappa shape index (κ3) is 1.28. The Balaban J connectivity index is 1.74. The Morgan fingerprint density at radius 1 is 1.22 bits per heavy atom. The van der Waals surface area contributed by atoms with E-state index in [4.69, 9.17) is 14.2 Å². The zero-order chi connectivity index (χ0) is 16.3. The summed E-state index contributed by atoms with van der Waals surface area (Å²) >= 11 is 0. The lowest BCUT2D eigenvalue weighted by Crippen LogP contribution is -2.60. The van der Waals surface area contributed by atoms with Crippen LogP contribution in [0.1, 0.15) is 33.6 Å². The highest BCUT2D eigenvalue weighted by molar-refractivity contribution is 5.95. The number of rotatable bonds is 1. The van der Waals surface area contributed by atoms with E-state index in [1.807, 2.05) is 13.8 Å². The van der Waals surface area contributed by atoms with Crippen molar-refractivity contribution in [2.24, 2.45) is 16.7 Å². The molecule has 2 saturated heterocycles. The highest BCUT2D eigenvalue weighted by atomic mass is 16.6. The molecule has 0 amide bonds. The summed E-state index contributed by atoms with van der Waals surface area (Å²) < 4.78 is 17.0. The van der Waals surface area contributed by atoms with Gasteiger partial charge in [0.2, 0.25) is 0 Å². The van der Waals surface area contributed by atoms with E-state index in [9.17, 15) is 14.7 Å². The second kappa shape index (κ2) is 3.81. The van der Waals surface area contributed by atoms with Gasteiger partial charge in [-0.25, -0.2) is 4.79 Å². The fraction of sp³-hybridized carbons (Fsp3) is 0.765. The second-order valence-electron chi connectivity index (χ2n) is 7.86. The molecule has 6 nitrogen and oxygen atoms in total. The van der Waals surface area contributed by atoms with Gasteiger partial charge in [0.1, 0.15) is 23.7 Å². The standard InChI is InChI=1S/C17H20O6/c1-4-7-6-5-8-11-16(2,9(6)14(19)21-7)13-10(23-13)12(18)17(11,3)15(20)22-8/h7-8,10-13,18H,4-5H2,1-3H3/t7-,8+,10+,11+,12-,13+,16+,17+/m0/s1. The molecule has 23 heavy (non-hydrogen) atoms. The van der Waals surface area contributed by atoms with Crippen LogP contribution in [-0.2, 0) is 23.8 Å². The Hall–Kier alpha value is -1.40. The molecule has 0 aromatic heterocycles. The van der Waals surface area contributed by atoms with Crippen LogP contribution in [0, 0.1) is 16.7 Å². The molecule has 1 N–H and O–H groups in total. The highest BCUT2D eigenvalue weighted by Gasteiger charge is 2.80. The Kier molecular flexibility index (Phi) is 2.31. The van der Waals surface area contributed by atoms with Crippen molar-refractivity contribution in [2.45, 2.75) is 64.1 Å². The van der Waals surface area contributed by atoms with Gasteiger partial charge in [0.15, 0.2) is 0 Å². The normalized spacial score (nSPS) is 55.8. The number of carbonyl (C=O) groups excluding carboxylic acids is 2. The van der Waals surface area contributed by atoms with Crippen LogP contribution in [0.25, 0.3) is 0 Å². The lowest BCUT2D eigenvalue weighted by Gasteiger charge is -2.49. The molecule has 1 saturated carbocycles. The molecule has 5 rings (SSSR count). The molecule has 3 fully saturated rings. The average Bonchev–Trinajstić information content (AvgIpc) is 3.18. The maximum atomic E-state index is 12.6. The first-order valence-corrected chi connectivity index (χ1v) is 8.34. The fourth-order valence-corrected chi connectivity index (χ4v) is 5.88. The van der Waals surface area contributed by atoms with Gasteiger partial charge in [0.25, 0.3) is 0 Å². The smallest absolute Gasteiger partial charge is 0.335 e. The number of cyclic esters (lactones) is 1. The highest BCUT2D eigenvalue weighted by Crippen LogP contribution is 2.69. The van der Waals surface area contributed by atoms with Crippen molar-refractivity contribution in [1.29, 1.82) is 0 Å². The van der Waals surface area contributed by atoms with E-state index in [0.29, 0.717) is 18.4 Å². The molecule has 3 heterocycles. The van der Waals surface area contributed by atoms with Gasteiger partial charge in [-0.2, -0.15) is 0 Å². The summed E-state index contributed by atoms with van der Waals surface area (Å²) in [5, 5.41) is 10.6. The van der Waals surface area contributed by atoms with Crippen molar-refractivity contribution in [3.05, 3.63) is 11.1 Å². The minimum Gasteiger partial charge on any atom is -0.461 e. The van der Waals surface area contributed by atoms with Crippen LogP contribution in [0.5, 0.6) is 0 Å². The van der Waals surface area contributed by atoms with E-state index in [1.54, 1.807) is 6.92 Å². The van der Waals surface area contributed by atoms with Crippen molar-refractivity contribution in [3.8, 4) is 0 Å². The molecule has 0 bridgehead atoms. The summed E-state index contributed by atoms with van der Waals surface area (Å²) in [6, 6.07) is 0. The topological polar surface area (TPSA) is 85.4 Å². The van der Waals surface area contributed by atoms with Crippen molar-refractivity contribution in [3.63, 3.8) is 0 Å². The zero-order valence-electron chi connectivity index (χ0n) is 13.4. The van der Waals surface area contributed by atoms with Gasteiger partial charge in [0, 0.05) is 23.3 Å². The predicted octanol–water partition coefficient (Wildman–Crippen LogP) is 0.718. The van der Waals surface area contributed by atoms with Crippen molar-refractivity contribution < 1.29 is 28.9 Å². The molecular weight excluding hydrogens is 300 g/mol. The van der Waals surface area contributed by atoms with E-state index in [-0.39, 0.29) is 36.2 Å². The largest absolute Gasteiger partial charge is 0.461 e. The van der Waals surface area contributed by atoms with Crippen LogP contribution in [0.2, 0.25) is 0 Å². The Bertz CT molecular complexity index is 683. The van der Waals surface area contributed by atoms with Crippen molar-refractivity contribution in [1.82, 2.24) is 0 Å². The number of epoxide rings is 1. The molecule has 0 spiro atoms. The molecule has 124 valence electrons. The average molecular weight is 320 g/mol. The van der Waals surface area contributed by atoms with E-state index in [1.165, 1.54) is 0 Å².